The molecule has 0 atom stereocenters. The third-order valence-corrected chi connectivity index (χ3v) is 5.43. The second kappa shape index (κ2) is 7.08. The number of hydrogen-bond acceptors (Lipinski definition) is 7. The van der Waals surface area contributed by atoms with Gasteiger partial charge in [0.05, 0.1) is 5.69 Å². The van der Waals surface area contributed by atoms with Crippen LogP contribution >= 0.6 is 11.3 Å². The van der Waals surface area contributed by atoms with Crippen LogP contribution in [0.25, 0.3) is 0 Å². The smallest absolute Gasteiger partial charge is 0.265 e. The second-order valence-electron chi connectivity index (χ2n) is 6.34. The molecule has 0 saturated heterocycles. The number of amides is 1. The van der Waals surface area contributed by atoms with Crippen LogP contribution < -0.4 is 20.3 Å². The molecule has 0 aromatic carbocycles. The van der Waals surface area contributed by atoms with Gasteiger partial charge in [0, 0.05) is 30.5 Å². The Morgan fingerprint density at radius 3 is 3.04 bits per heavy atom. The maximum Gasteiger partial charge on any atom is 0.265 e. The van der Waals surface area contributed by atoms with Crippen molar-refractivity contribution >= 4 is 17.2 Å². The number of fused-ring (bicyclic) bond motifs is 1. The molecule has 1 aliphatic heterocycles. The molecule has 2 aromatic heterocycles. The van der Waals surface area contributed by atoms with Crippen molar-refractivity contribution in [2.75, 3.05) is 20.3 Å². The molecule has 2 N–H and O–H groups in total. The van der Waals surface area contributed by atoms with E-state index >= 15 is 0 Å². The van der Waals surface area contributed by atoms with E-state index in [0.717, 1.165) is 18.5 Å². The van der Waals surface area contributed by atoms with Crippen LogP contribution in [0.4, 0.5) is 0 Å². The first-order valence-corrected chi connectivity index (χ1v) is 9.29. The van der Waals surface area contributed by atoms with Crippen molar-refractivity contribution in [2.45, 2.75) is 31.4 Å². The topological polar surface area (TPSA) is 103 Å². The summed E-state index contributed by atoms with van der Waals surface area (Å²) in [7, 11) is 1.56. The van der Waals surface area contributed by atoms with E-state index in [1.54, 1.807) is 12.5 Å². The third-order valence-electron chi connectivity index (χ3n) is 4.49. The predicted octanol–water partition coefficient (Wildman–Crippen LogP) is 1.43. The molecule has 2 aliphatic rings. The highest BCUT2D eigenvalue weighted by Gasteiger charge is 2.34. The molecule has 26 heavy (non-hydrogen) atoms. The first-order chi connectivity index (χ1) is 12.6. The molecule has 1 fully saturated rings. The van der Waals surface area contributed by atoms with Crippen LogP contribution in [0.3, 0.4) is 0 Å². The van der Waals surface area contributed by atoms with Gasteiger partial charge in [0.1, 0.15) is 30.5 Å². The fourth-order valence-electron chi connectivity index (χ4n) is 3.19. The van der Waals surface area contributed by atoms with Gasteiger partial charge in [0.15, 0.2) is 11.5 Å². The van der Waals surface area contributed by atoms with E-state index in [4.69, 9.17) is 14.2 Å². The van der Waals surface area contributed by atoms with Crippen LogP contribution in [0.15, 0.2) is 16.2 Å². The summed E-state index contributed by atoms with van der Waals surface area (Å²) >= 11 is 1.32. The summed E-state index contributed by atoms with van der Waals surface area (Å²) in [5.74, 6) is 1.70. The third kappa shape index (κ3) is 3.32. The molecule has 0 bridgehead atoms. The van der Waals surface area contributed by atoms with E-state index in [-0.39, 0.29) is 30.0 Å². The summed E-state index contributed by atoms with van der Waals surface area (Å²) in [5.41, 5.74) is 0.563. The highest BCUT2D eigenvalue weighted by Crippen LogP contribution is 2.40. The number of hydrogen-bond donors (Lipinski definition) is 2. The summed E-state index contributed by atoms with van der Waals surface area (Å²) in [6.45, 7) is 1.22. The van der Waals surface area contributed by atoms with Gasteiger partial charge in [-0.1, -0.05) is 0 Å². The molecule has 1 saturated carbocycles. The van der Waals surface area contributed by atoms with Crippen molar-refractivity contribution < 1.29 is 19.0 Å². The van der Waals surface area contributed by atoms with Gasteiger partial charge < -0.3 is 24.5 Å². The Hall–Kier alpha value is -2.39. The van der Waals surface area contributed by atoms with E-state index in [1.165, 1.54) is 17.4 Å². The van der Waals surface area contributed by atoms with Crippen LogP contribution in [0.5, 0.6) is 11.5 Å². The molecular weight excluding hydrogens is 358 g/mol. The zero-order valence-electron chi connectivity index (χ0n) is 14.2. The van der Waals surface area contributed by atoms with E-state index in [2.05, 4.69) is 15.3 Å². The molecule has 1 amide bonds. The molecule has 138 valence electrons. The molecule has 0 radical (unpaired) electrons. The summed E-state index contributed by atoms with van der Waals surface area (Å²) in [5, 5.41) is 4.82. The highest BCUT2D eigenvalue weighted by molar-refractivity contribution is 7.12. The number of carbonyl (C=O) groups excluding carboxylic acids is 1. The number of methoxy groups -OCH3 is 1. The Kier molecular flexibility index (Phi) is 4.64. The van der Waals surface area contributed by atoms with E-state index < -0.39 is 0 Å². The van der Waals surface area contributed by atoms with Crippen molar-refractivity contribution in [3.8, 4) is 11.5 Å². The average Bonchev–Trinajstić information content (AvgIpc) is 3.01. The number of aromatic nitrogens is 2. The molecule has 3 heterocycles. The number of H-pyrrole nitrogens is 1. The monoisotopic (exact) mass is 377 g/mol. The largest absolute Gasteiger partial charge is 0.485 e. The minimum absolute atomic E-state index is 0.0571. The zero-order chi connectivity index (χ0) is 18.1. The summed E-state index contributed by atoms with van der Waals surface area (Å²) < 4.78 is 16.0. The van der Waals surface area contributed by atoms with Crippen molar-refractivity contribution in [3.63, 3.8) is 0 Å². The van der Waals surface area contributed by atoms with Gasteiger partial charge in [0.2, 0.25) is 0 Å². The number of thiophene rings is 1. The van der Waals surface area contributed by atoms with E-state index in [1.807, 2.05) is 0 Å². The van der Waals surface area contributed by atoms with Gasteiger partial charge in [0.25, 0.3) is 11.5 Å². The maximum absolute atomic E-state index is 12.5. The molecule has 0 spiro atoms. The Labute approximate surface area is 153 Å². The van der Waals surface area contributed by atoms with E-state index in [0.29, 0.717) is 35.4 Å². The summed E-state index contributed by atoms with van der Waals surface area (Å²) in [6.07, 6.45) is 1.50. The van der Waals surface area contributed by atoms with Crippen LogP contribution in [0, 0.1) is 0 Å². The first-order valence-electron chi connectivity index (χ1n) is 8.41. The lowest BCUT2D eigenvalue weighted by Gasteiger charge is -2.35. The molecule has 2 aromatic rings. The van der Waals surface area contributed by atoms with Gasteiger partial charge in [-0.2, -0.15) is 0 Å². The van der Waals surface area contributed by atoms with Crippen LogP contribution in [-0.2, 0) is 11.3 Å². The summed E-state index contributed by atoms with van der Waals surface area (Å²) in [6, 6.07) is 1.57. The number of ether oxygens (including phenoxy) is 3. The van der Waals surface area contributed by atoms with Gasteiger partial charge in [-0.25, -0.2) is 4.98 Å². The molecule has 8 nitrogen and oxygen atoms in total. The SMILES string of the molecule is COCc1nc(C2CC(NC(=O)c3scc4c3OCCO4)C2)cc(=O)[nH]1. The van der Waals surface area contributed by atoms with Crippen LogP contribution in [0.2, 0.25) is 0 Å². The average molecular weight is 377 g/mol. The maximum atomic E-state index is 12.5. The second-order valence-corrected chi connectivity index (χ2v) is 7.22. The fourth-order valence-corrected chi connectivity index (χ4v) is 4.02. The quantitative estimate of drug-likeness (QED) is 0.817. The molecule has 9 heteroatoms. The normalized spacial score (nSPS) is 21.1. The van der Waals surface area contributed by atoms with Crippen molar-refractivity contribution in [2.24, 2.45) is 0 Å². The number of nitrogens with one attached hydrogen (secondary N) is 2. The number of rotatable bonds is 5. The standard InChI is InChI=1S/C17H19N3O5S/c1-23-7-13-19-11(6-14(21)20-13)9-4-10(5-9)18-17(22)16-15-12(8-26-16)24-2-3-25-15/h6,8-10H,2-5,7H2,1H3,(H,18,22)(H,19,20,21). The Morgan fingerprint density at radius 1 is 1.42 bits per heavy atom. The molecule has 1 aliphatic carbocycles. The molecular formula is C17H19N3O5S. The fraction of sp³-hybridized carbons (Fsp3) is 0.471. The predicted molar refractivity (Wildman–Crippen MR) is 94.1 cm³/mol. The van der Waals surface area contributed by atoms with Gasteiger partial charge in [-0.05, 0) is 12.8 Å². The molecule has 4 rings (SSSR count). The minimum atomic E-state index is -0.183. The van der Waals surface area contributed by atoms with Crippen molar-refractivity contribution in [1.82, 2.24) is 15.3 Å². The van der Waals surface area contributed by atoms with Gasteiger partial charge in [-0.3, -0.25) is 9.59 Å². The number of nitrogens with zero attached hydrogens (tertiary/aromatic N) is 1. The summed E-state index contributed by atoms with van der Waals surface area (Å²) in [4.78, 5) is 31.9. The lowest BCUT2D eigenvalue weighted by atomic mass is 9.78. The Morgan fingerprint density at radius 2 is 2.23 bits per heavy atom. The lowest BCUT2D eigenvalue weighted by molar-refractivity contribution is 0.0903. The van der Waals surface area contributed by atoms with Gasteiger partial charge >= 0.3 is 0 Å². The Balaban J connectivity index is 1.37. The number of aromatic amines is 1. The minimum Gasteiger partial charge on any atom is -0.485 e. The highest BCUT2D eigenvalue weighted by atomic mass is 32.1. The Bertz CT molecular complexity index is 872. The van der Waals surface area contributed by atoms with Crippen LogP contribution in [-0.4, -0.2) is 42.2 Å². The van der Waals surface area contributed by atoms with Gasteiger partial charge in [-0.15, -0.1) is 11.3 Å². The van der Waals surface area contributed by atoms with Crippen molar-refractivity contribution in [3.05, 3.63) is 38.2 Å². The van der Waals surface area contributed by atoms with Crippen LogP contribution in [0.1, 0.15) is 39.9 Å². The van der Waals surface area contributed by atoms with Crippen molar-refractivity contribution in [1.29, 1.82) is 0 Å². The van der Waals surface area contributed by atoms with E-state index in [9.17, 15) is 9.59 Å². The molecule has 0 unspecified atom stereocenters. The lowest BCUT2D eigenvalue weighted by Crippen LogP contribution is -2.43. The first kappa shape index (κ1) is 17.0. The number of carbonyl (C=O) groups is 1. The zero-order valence-corrected chi connectivity index (χ0v) is 15.1.